The molecule has 6 nitrogen and oxygen atoms in total. The molecular weight excluding hydrogens is 400 g/mol. The highest BCUT2D eigenvalue weighted by molar-refractivity contribution is 5.85. The number of nitrogens with one attached hydrogen (secondary N) is 1. The van der Waals surface area contributed by atoms with Crippen molar-refractivity contribution in [1.82, 2.24) is 20.0 Å². The summed E-state index contributed by atoms with van der Waals surface area (Å²) in [6, 6.07) is 10.8. The van der Waals surface area contributed by atoms with Crippen LogP contribution >= 0.6 is 12.4 Å². The van der Waals surface area contributed by atoms with Crippen LogP contribution in [0.4, 0.5) is 0 Å². The number of hydrogen-bond donors (Lipinski definition) is 1. The summed E-state index contributed by atoms with van der Waals surface area (Å²) < 4.78 is 0. The van der Waals surface area contributed by atoms with Crippen LogP contribution in [0.25, 0.3) is 0 Å². The van der Waals surface area contributed by atoms with Crippen LogP contribution in [0.5, 0.6) is 0 Å². The molecule has 30 heavy (non-hydrogen) atoms. The van der Waals surface area contributed by atoms with Crippen LogP contribution in [0.15, 0.2) is 30.3 Å². The lowest BCUT2D eigenvalue weighted by molar-refractivity contribution is -0.139. The van der Waals surface area contributed by atoms with Crippen molar-refractivity contribution < 1.29 is 9.59 Å². The van der Waals surface area contributed by atoms with Gasteiger partial charge in [-0.1, -0.05) is 30.3 Å². The van der Waals surface area contributed by atoms with E-state index in [0.717, 1.165) is 78.0 Å². The highest BCUT2D eigenvalue weighted by Gasteiger charge is 2.36. The van der Waals surface area contributed by atoms with Crippen molar-refractivity contribution in [3.05, 3.63) is 35.9 Å². The van der Waals surface area contributed by atoms with Crippen molar-refractivity contribution in [2.24, 2.45) is 5.92 Å². The lowest BCUT2D eigenvalue weighted by Gasteiger charge is -2.35. The average molecular weight is 435 g/mol. The Hall–Kier alpha value is -1.63. The quantitative estimate of drug-likeness (QED) is 0.714. The molecule has 1 aromatic carbocycles. The fourth-order valence-corrected chi connectivity index (χ4v) is 4.52. The van der Waals surface area contributed by atoms with Gasteiger partial charge in [0.1, 0.15) is 0 Å². The largest absolute Gasteiger partial charge is 0.340 e. The van der Waals surface area contributed by atoms with Gasteiger partial charge >= 0.3 is 0 Å². The molecule has 0 spiro atoms. The summed E-state index contributed by atoms with van der Waals surface area (Å²) in [5.74, 6) is 0.750. The van der Waals surface area contributed by atoms with E-state index in [2.05, 4.69) is 27.2 Å². The monoisotopic (exact) mass is 434 g/mol. The van der Waals surface area contributed by atoms with E-state index >= 15 is 0 Å². The minimum Gasteiger partial charge on any atom is -0.340 e. The number of carbonyl (C=O) groups is 2. The second-order valence-electron chi connectivity index (χ2n) is 8.68. The van der Waals surface area contributed by atoms with Crippen LogP contribution in [0.3, 0.4) is 0 Å². The van der Waals surface area contributed by atoms with Gasteiger partial charge in [0.2, 0.25) is 11.8 Å². The number of rotatable bonds is 7. The van der Waals surface area contributed by atoms with E-state index in [0.29, 0.717) is 18.4 Å². The van der Waals surface area contributed by atoms with Crippen LogP contribution in [0.2, 0.25) is 0 Å². The smallest absolute Gasteiger partial charge is 0.226 e. The molecule has 2 amide bonds. The molecule has 2 saturated heterocycles. The van der Waals surface area contributed by atoms with Gasteiger partial charge in [0.15, 0.2) is 0 Å². The highest BCUT2D eigenvalue weighted by atomic mass is 35.5. The summed E-state index contributed by atoms with van der Waals surface area (Å²) in [5.41, 5.74) is 1.22. The van der Waals surface area contributed by atoms with E-state index in [9.17, 15) is 9.59 Å². The van der Waals surface area contributed by atoms with Crippen molar-refractivity contribution in [2.45, 2.75) is 44.7 Å². The molecule has 0 unspecified atom stereocenters. The maximum absolute atomic E-state index is 13.2. The van der Waals surface area contributed by atoms with Crippen molar-refractivity contribution in [2.75, 3.05) is 45.8 Å². The number of carbonyl (C=O) groups excluding carboxylic acids is 2. The summed E-state index contributed by atoms with van der Waals surface area (Å²) in [4.78, 5) is 32.0. The van der Waals surface area contributed by atoms with E-state index in [4.69, 9.17) is 0 Å². The third kappa shape index (κ3) is 6.19. The Kier molecular flexibility index (Phi) is 8.54. The Morgan fingerprint density at radius 3 is 2.27 bits per heavy atom. The van der Waals surface area contributed by atoms with E-state index < -0.39 is 0 Å². The molecule has 1 aromatic rings. The first-order chi connectivity index (χ1) is 14.2. The Balaban J connectivity index is 0.00000256. The lowest BCUT2D eigenvalue weighted by Crippen LogP contribution is -2.47. The summed E-state index contributed by atoms with van der Waals surface area (Å²) in [6.07, 6.45) is 4.72. The molecule has 1 aliphatic carbocycles. The highest BCUT2D eigenvalue weighted by Crippen LogP contribution is 2.31. The molecule has 2 aliphatic heterocycles. The molecule has 0 atom stereocenters. The average Bonchev–Trinajstić information content (AvgIpc) is 3.62. The van der Waals surface area contributed by atoms with Gasteiger partial charge in [-0.3, -0.25) is 9.59 Å². The third-order valence-electron chi connectivity index (χ3n) is 6.51. The second kappa shape index (κ2) is 11.1. The van der Waals surface area contributed by atoms with E-state index in [1.807, 2.05) is 23.1 Å². The molecule has 1 N–H and O–H groups in total. The van der Waals surface area contributed by atoms with E-state index in [1.165, 1.54) is 5.56 Å². The van der Waals surface area contributed by atoms with E-state index in [1.54, 1.807) is 0 Å². The molecule has 4 rings (SSSR count). The number of piperidine rings is 1. The molecule has 3 aliphatic rings. The molecule has 0 radical (unpaired) electrons. The van der Waals surface area contributed by atoms with Crippen molar-refractivity contribution in [3.63, 3.8) is 0 Å². The number of piperazine rings is 1. The Morgan fingerprint density at radius 1 is 0.967 bits per heavy atom. The Bertz CT molecular complexity index is 684. The summed E-state index contributed by atoms with van der Waals surface area (Å²) in [5, 5.41) is 3.29. The predicted molar refractivity (Wildman–Crippen MR) is 120 cm³/mol. The molecule has 166 valence electrons. The SMILES string of the molecule is Cl.O=C(CCN1CCC(C(=O)N(Cc2ccccc2)C2CC2)CC1)N1CCNCC1. The van der Waals surface area contributed by atoms with Gasteiger partial charge in [-0.2, -0.15) is 0 Å². The van der Waals surface area contributed by atoms with Crippen LogP contribution in [0, 0.1) is 5.92 Å². The summed E-state index contributed by atoms with van der Waals surface area (Å²) in [7, 11) is 0. The molecule has 0 aromatic heterocycles. The fourth-order valence-electron chi connectivity index (χ4n) is 4.52. The first-order valence-corrected chi connectivity index (χ1v) is 11.3. The van der Waals surface area contributed by atoms with Crippen molar-refractivity contribution in [1.29, 1.82) is 0 Å². The predicted octanol–water partition coefficient (Wildman–Crippen LogP) is 2.13. The zero-order chi connectivity index (χ0) is 20.1. The summed E-state index contributed by atoms with van der Waals surface area (Å²) in [6.45, 7) is 6.87. The van der Waals surface area contributed by atoms with Gasteiger partial charge in [0.25, 0.3) is 0 Å². The molecule has 7 heteroatoms. The van der Waals surface area contributed by atoms with Gasteiger partial charge in [0, 0.05) is 57.6 Å². The Morgan fingerprint density at radius 2 is 1.63 bits per heavy atom. The molecule has 2 heterocycles. The lowest BCUT2D eigenvalue weighted by atomic mass is 9.94. The van der Waals surface area contributed by atoms with Crippen molar-refractivity contribution >= 4 is 24.2 Å². The number of amides is 2. The minimum absolute atomic E-state index is 0. The van der Waals surface area contributed by atoms with Gasteiger partial charge in [-0.05, 0) is 44.3 Å². The fraction of sp³-hybridized carbons (Fsp3) is 0.652. The van der Waals surface area contributed by atoms with Gasteiger partial charge in [-0.15, -0.1) is 12.4 Å². The normalized spacial score (nSPS) is 20.5. The molecular formula is C23H35ClN4O2. The molecule has 3 fully saturated rings. The number of halogens is 1. The standard InChI is InChI=1S/C23H34N4O2.ClH/c28-22(26-16-11-24-12-17-26)10-15-25-13-8-20(9-14-25)23(29)27(21-6-7-21)18-19-4-2-1-3-5-19;/h1-5,20-21,24H,6-18H2;1H. The van der Waals surface area contributed by atoms with Crippen LogP contribution in [0.1, 0.15) is 37.7 Å². The molecule has 1 saturated carbocycles. The Labute approximate surface area is 186 Å². The number of likely N-dealkylation sites (tertiary alicyclic amines) is 1. The zero-order valence-corrected chi connectivity index (χ0v) is 18.6. The number of hydrogen-bond acceptors (Lipinski definition) is 4. The first kappa shape index (κ1) is 23.0. The summed E-state index contributed by atoms with van der Waals surface area (Å²) >= 11 is 0. The van der Waals surface area contributed by atoms with Gasteiger partial charge < -0.3 is 20.0 Å². The topological polar surface area (TPSA) is 55.9 Å². The van der Waals surface area contributed by atoms with Crippen LogP contribution in [-0.2, 0) is 16.1 Å². The van der Waals surface area contributed by atoms with Gasteiger partial charge in [0.05, 0.1) is 0 Å². The number of benzene rings is 1. The first-order valence-electron chi connectivity index (χ1n) is 11.3. The van der Waals surface area contributed by atoms with E-state index in [-0.39, 0.29) is 24.2 Å². The minimum atomic E-state index is 0. The number of nitrogens with zero attached hydrogens (tertiary/aromatic N) is 3. The zero-order valence-electron chi connectivity index (χ0n) is 17.8. The van der Waals surface area contributed by atoms with Gasteiger partial charge in [-0.25, -0.2) is 0 Å². The van der Waals surface area contributed by atoms with Crippen molar-refractivity contribution in [3.8, 4) is 0 Å². The maximum Gasteiger partial charge on any atom is 0.226 e. The second-order valence-corrected chi connectivity index (χ2v) is 8.68. The maximum atomic E-state index is 13.2. The third-order valence-corrected chi connectivity index (χ3v) is 6.51. The van der Waals surface area contributed by atoms with Crippen LogP contribution in [-0.4, -0.2) is 78.4 Å². The molecule has 0 bridgehead atoms. The van der Waals surface area contributed by atoms with Crippen LogP contribution < -0.4 is 5.32 Å².